The van der Waals surface area contributed by atoms with Crippen molar-refractivity contribution in [2.24, 2.45) is 0 Å². The van der Waals surface area contributed by atoms with Gasteiger partial charge < -0.3 is 75.8 Å². The molecule has 0 N–H and O–H groups in total. The van der Waals surface area contributed by atoms with E-state index < -0.39 is 0 Å². The summed E-state index contributed by atoms with van der Waals surface area (Å²) < 4.78 is 75.8. The normalized spacial score (nSPS) is 8.42. The molecule has 0 saturated carbocycles. The molecule has 0 amide bonds. The molecule has 0 saturated heterocycles. The van der Waals surface area contributed by atoms with E-state index in [1.165, 1.54) is 0 Å². The van der Waals surface area contributed by atoms with Crippen LogP contribution in [0.2, 0.25) is 0 Å². The van der Waals surface area contributed by atoms with Crippen LogP contribution in [0.25, 0.3) is 0 Å². The zero-order chi connectivity index (χ0) is 45.6. The minimum absolute atomic E-state index is 0. The third kappa shape index (κ3) is 219. The molecule has 0 spiro atoms. The summed E-state index contributed by atoms with van der Waals surface area (Å²) in [4.78, 5) is 0. The van der Waals surface area contributed by atoms with E-state index in [0.29, 0.717) is 52.9 Å². The second kappa shape index (κ2) is 145. The summed E-state index contributed by atoms with van der Waals surface area (Å²) >= 11 is 0. The SMILES string of the molecule is C.C.C.C.C.CC.COCCCCOC.COCCCCOC.COCCCCOC.COCCCOC.COCCOC.COCCOC.COCCOC.COCCOC. The van der Waals surface area contributed by atoms with Crippen molar-refractivity contribution in [3.05, 3.63) is 0 Å². The average Bonchev–Trinajstić information content (AvgIpc) is 3.25. The van der Waals surface area contributed by atoms with Gasteiger partial charge in [0, 0.05) is 167 Å². The van der Waals surface area contributed by atoms with E-state index in [-0.39, 0.29) is 37.1 Å². The molecule has 0 bridgehead atoms. The monoisotopic (exact) mass is 929 g/mol. The van der Waals surface area contributed by atoms with Crippen LogP contribution in [0.1, 0.15) is 95.9 Å². The average molecular weight is 929 g/mol. The van der Waals surface area contributed by atoms with E-state index in [9.17, 15) is 0 Å². The Balaban J connectivity index is -0.0000000349. The molecule has 0 rings (SSSR count). The Kier molecular flexibility index (Phi) is 232. The molecule has 16 nitrogen and oxygen atoms in total. The molecular weight excluding hydrogens is 808 g/mol. The van der Waals surface area contributed by atoms with Gasteiger partial charge in [-0.05, 0) is 44.9 Å². The maximum atomic E-state index is 4.83. The highest BCUT2D eigenvalue weighted by atomic mass is 16.5. The Labute approximate surface area is 390 Å². The van der Waals surface area contributed by atoms with Gasteiger partial charge in [0.2, 0.25) is 0 Å². The first kappa shape index (κ1) is 99.7. The maximum Gasteiger partial charge on any atom is 0.0696 e. The molecular formula is C46H120O16. The fraction of sp³-hybridized carbons (Fsp3) is 1.00. The summed E-state index contributed by atoms with van der Waals surface area (Å²) in [5.41, 5.74) is 0. The molecule has 0 fully saturated rings. The van der Waals surface area contributed by atoms with Gasteiger partial charge in [-0.25, -0.2) is 0 Å². The summed E-state index contributed by atoms with van der Waals surface area (Å²) in [6.07, 6.45) is 7.60. The molecule has 0 aliphatic rings. The molecule has 0 aromatic rings. The van der Waals surface area contributed by atoms with Crippen LogP contribution >= 0.6 is 0 Å². The number of ether oxygens (including phenoxy) is 16. The summed E-state index contributed by atoms with van der Waals surface area (Å²) in [5, 5.41) is 0. The van der Waals surface area contributed by atoms with E-state index in [1.54, 1.807) is 114 Å². The molecule has 0 aliphatic heterocycles. The molecule has 400 valence electrons. The van der Waals surface area contributed by atoms with Crippen LogP contribution in [-0.4, -0.2) is 219 Å². The van der Waals surface area contributed by atoms with Gasteiger partial charge in [0.25, 0.3) is 0 Å². The molecule has 62 heavy (non-hydrogen) atoms. The van der Waals surface area contributed by atoms with Crippen molar-refractivity contribution in [2.75, 3.05) is 219 Å². The number of rotatable bonds is 31. The third-order valence-corrected chi connectivity index (χ3v) is 5.50. The second-order valence-corrected chi connectivity index (χ2v) is 10.4. The summed E-state index contributed by atoms with van der Waals surface area (Å²) in [6.45, 7) is 16.2. The lowest BCUT2D eigenvalue weighted by Gasteiger charge is -1.96. The van der Waals surface area contributed by atoms with E-state index in [2.05, 4.69) is 37.9 Å². The minimum Gasteiger partial charge on any atom is -0.385 e. The van der Waals surface area contributed by atoms with Crippen molar-refractivity contribution in [3.8, 4) is 0 Å². The summed E-state index contributed by atoms with van der Waals surface area (Å²) in [7, 11) is 26.9. The Morgan fingerprint density at radius 2 is 0.226 bits per heavy atom. The van der Waals surface area contributed by atoms with Gasteiger partial charge in [-0.15, -0.1) is 0 Å². The smallest absolute Gasteiger partial charge is 0.0696 e. The van der Waals surface area contributed by atoms with E-state index in [0.717, 1.165) is 97.8 Å². The fourth-order valence-corrected chi connectivity index (χ4v) is 2.49. The topological polar surface area (TPSA) is 148 Å². The first-order valence-electron chi connectivity index (χ1n) is 19.7. The van der Waals surface area contributed by atoms with Gasteiger partial charge in [0.15, 0.2) is 0 Å². The van der Waals surface area contributed by atoms with Gasteiger partial charge in [-0.2, -0.15) is 0 Å². The molecule has 0 aromatic heterocycles. The summed E-state index contributed by atoms with van der Waals surface area (Å²) in [5.74, 6) is 0. The van der Waals surface area contributed by atoms with Gasteiger partial charge in [-0.1, -0.05) is 51.0 Å². The molecule has 16 heteroatoms. The van der Waals surface area contributed by atoms with Crippen LogP contribution in [0.15, 0.2) is 0 Å². The third-order valence-electron chi connectivity index (χ3n) is 5.50. The first-order chi connectivity index (χ1) is 27.8. The van der Waals surface area contributed by atoms with E-state index in [4.69, 9.17) is 37.9 Å². The highest BCUT2D eigenvalue weighted by Crippen LogP contribution is 1.89. The van der Waals surface area contributed by atoms with Crippen LogP contribution in [-0.2, 0) is 75.8 Å². The molecule has 0 radical (unpaired) electrons. The van der Waals surface area contributed by atoms with Crippen molar-refractivity contribution in [3.63, 3.8) is 0 Å². The molecule has 0 unspecified atom stereocenters. The van der Waals surface area contributed by atoms with Crippen LogP contribution in [0.4, 0.5) is 0 Å². The van der Waals surface area contributed by atoms with Crippen molar-refractivity contribution in [1.82, 2.24) is 0 Å². The van der Waals surface area contributed by atoms with Crippen LogP contribution < -0.4 is 0 Å². The number of unbranched alkanes of at least 4 members (excludes halogenated alkanes) is 3. The summed E-state index contributed by atoms with van der Waals surface area (Å²) in [6, 6.07) is 0. The van der Waals surface area contributed by atoms with Gasteiger partial charge in [0.05, 0.1) is 52.9 Å². The van der Waals surface area contributed by atoms with Gasteiger partial charge in [-0.3, -0.25) is 0 Å². The maximum absolute atomic E-state index is 4.83. The largest absolute Gasteiger partial charge is 0.385 e. The highest BCUT2D eigenvalue weighted by Gasteiger charge is 1.85. The number of hydrogen-bond acceptors (Lipinski definition) is 16. The number of hydrogen-bond donors (Lipinski definition) is 0. The van der Waals surface area contributed by atoms with Gasteiger partial charge >= 0.3 is 0 Å². The van der Waals surface area contributed by atoms with E-state index >= 15 is 0 Å². The highest BCUT2D eigenvalue weighted by molar-refractivity contribution is 4.35. The zero-order valence-electron chi connectivity index (χ0n) is 40.8. The first-order valence-corrected chi connectivity index (χ1v) is 19.7. The van der Waals surface area contributed by atoms with Crippen LogP contribution in [0.5, 0.6) is 0 Å². The second-order valence-electron chi connectivity index (χ2n) is 10.4. The predicted octanol–water partition coefficient (Wildman–Crippen LogP) is 9.17. The molecule has 0 aromatic carbocycles. The van der Waals surface area contributed by atoms with Crippen molar-refractivity contribution in [2.45, 2.75) is 95.9 Å². The Morgan fingerprint density at radius 3 is 0.306 bits per heavy atom. The standard InChI is InChI=1S/3C6H14O2.C5H12O2.4C4H10O2.C2H6.5CH4/c3*1-7-5-3-4-6-8-2;1-6-4-3-5-7-2;4*1-5-3-4-6-2;1-2;;;;;/h3*3-6H2,1-2H3;3-5H2,1-2H3;4*3-4H2,1-2H3;1-2H3;5*1H4. The minimum atomic E-state index is 0. The zero-order valence-corrected chi connectivity index (χ0v) is 40.8. The van der Waals surface area contributed by atoms with Gasteiger partial charge in [0.1, 0.15) is 0 Å². The number of methoxy groups -OCH3 is 16. The fourth-order valence-electron chi connectivity index (χ4n) is 2.49. The van der Waals surface area contributed by atoms with Crippen molar-refractivity contribution in [1.29, 1.82) is 0 Å². The predicted molar refractivity (Wildman–Crippen MR) is 267 cm³/mol. The Bertz CT molecular complexity index is 365. The molecule has 0 atom stereocenters. The Hall–Kier alpha value is -0.640. The Morgan fingerprint density at radius 1 is 0.145 bits per heavy atom. The van der Waals surface area contributed by atoms with E-state index in [1.807, 2.05) is 13.8 Å². The van der Waals surface area contributed by atoms with Crippen LogP contribution in [0.3, 0.4) is 0 Å². The quantitative estimate of drug-likeness (QED) is 0.0608. The lowest BCUT2D eigenvalue weighted by Crippen LogP contribution is -1.96. The van der Waals surface area contributed by atoms with Crippen molar-refractivity contribution >= 4 is 0 Å². The van der Waals surface area contributed by atoms with Crippen molar-refractivity contribution < 1.29 is 75.8 Å². The van der Waals surface area contributed by atoms with Crippen LogP contribution in [0, 0.1) is 0 Å². The molecule has 0 aliphatic carbocycles. The molecule has 0 heterocycles. The lowest BCUT2D eigenvalue weighted by atomic mass is 10.3. The lowest BCUT2D eigenvalue weighted by molar-refractivity contribution is 0.103.